The Morgan fingerprint density at radius 1 is 1.43 bits per heavy atom. The van der Waals surface area contributed by atoms with Gasteiger partial charge in [-0.2, -0.15) is 0 Å². The lowest BCUT2D eigenvalue weighted by molar-refractivity contribution is -0.125. The van der Waals surface area contributed by atoms with E-state index in [0.29, 0.717) is 24.5 Å². The van der Waals surface area contributed by atoms with Crippen LogP contribution in [0, 0.1) is 5.92 Å². The zero-order valence-corrected chi connectivity index (χ0v) is 11.8. The van der Waals surface area contributed by atoms with Crippen LogP contribution in [0.3, 0.4) is 0 Å². The second kappa shape index (κ2) is 5.73. The number of nitrogens with one attached hydrogen (secondary N) is 2. The molecule has 2 atom stereocenters. The molecule has 0 bridgehead atoms. The highest BCUT2D eigenvalue weighted by atomic mass is 16.2. The number of nitrogens with two attached hydrogens (primary N) is 1. The number of likely N-dealkylation sites (tertiary alicyclic amines) is 1. The van der Waals surface area contributed by atoms with Gasteiger partial charge in [-0.1, -0.05) is 12.1 Å². The molecule has 0 aromatic heterocycles. The molecule has 2 aliphatic rings. The van der Waals surface area contributed by atoms with Crippen molar-refractivity contribution in [1.82, 2.24) is 10.2 Å². The first-order chi connectivity index (χ1) is 10.1. The number of nitrogen functional groups attached to an aromatic ring is 1. The minimum Gasteiger partial charge on any atom is -0.397 e. The molecule has 2 aliphatic heterocycles. The summed E-state index contributed by atoms with van der Waals surface area (Å²) in [5.41, 5.74) is 7.01. The van der Waals surface area contributed by atoms with Crippen molar-refractivity contribution in [3.8, 4) is 0 Å². The number of anilines is 2. The smallest absolute Gasteiger partial charge is 0.238 e. The molecule has 4 N–H and O–H groups in total. The quantitative estimate of drug-likeness (QED) is 0.703. The van der Waals surface area contributed by atoms with E-state index in [2.05, 4.69) is 15.5 Å². The predicted molar refractivity (Wildman–Crippen MR) is 80.6 cm³/mol. The van der Waals surface area contributed by atoms with Crippen LogP contribution >= 0.6 is 0 Å². The Hall–Kier alpha value is -2.08. The summed E-state index contributed by atoms with van der Waals surface area (Å²) in [4.78, 5) is 26.0. The van der Waals surface area contributed by atoms with E-state index in [0.717, 1.165) is 19.4 Å². The Labute approximate surface area is 123 Å². The number of nitrogens with zero attached hydrogens (tertiary/aromatic N) is 1. The summed E-state index contributed by atoms with van der Waals surface area (Å²) in [7, 11) is 0. The van der Waals surface area contributed by atoms with Gasteiger partial charge in [0.1, 0.15) is 0 Å². The summed E-state index contributed by atoms with van der Waals surface area (Å²) in [5, 5.41) is 5.73. The van der Waals surface area contributed by atoms with Crippen LogP contribution in [-0.4, -0.2) is 42.4 Å². The van der Waals surface area contributed by atoms with Gasteiger partial charge in [-0.3, -0.25) is 14.5 Å². The molecule has 21 heavy (non-hydrogen) atoms. The second-order valence-corrected chi connectivity index (χ2v) is 5.67. The number of amides is 2. The zero-order valence-electron chi connectivity index (χ0n) is 11.8. The van der Waals surface area contributed by atoms with E-state index >= 15 is 0 Å². The Morgan fingerprint density at radius 3 is 3.05 bits per heavy atom. The maximum Gasteiger partial charge on any atom is 0.238 e. The van der Waals surface area contributed by atoms with Gasteiger partial charge in [-0.05, 0) is 31.5 Å². The van der Waals surface area contributed by atoms with Crippen LogP contribution < -0.4 is 16.4 Å². The highest BCUT2D eigenvalue weighted by molar-refractivity contribution is 5.95. The number of para-hydroxylation sites is 2. The van der Waals surface area contributed by atoms with Crippen LogP contribution in [-0.2, 0) is 9.59 Å². The number of rotatable bonds is 3. The van der Waals surface area contributed by atoms with Crippen LogP contribution in [0.4, 0.5) is 11.4 Å². The van der Waals surface area contributed by atoms with Crippen molar-refractivity contribution >= 4 is 23.2 Å². The number of hydrogen-bond acceptors (Lipinski definition) is 4. The summed E-state index contributed by atoms with van der Waals surface area (Å²) < 4.78 is 0. The van der Waals surface area contributed by atoms with E-state index in [9.17, 15) is 9.59 Å². The largest absolute Gasteiger partial charge is 0.397 e. The summed E-state index contributed by atoms with van der Waals surface area (Å²) in [6.07, 6.45) is 1.87. The minimum atomic E-state index is -0.0899. The van der Waals surface area contributed by atoms with Gasteiger partial charge in [0.25, 0.3) is 0 Å². The number of hydrogen-bond donors (Lipinski definition) is 3. The highest BCUT2D eigenvalue weighted by Crippen LogP contribution is 2.27. The molecule has 112 valence electrons. The number of fused-ring (bicyclic) bond motifs is 1. The maximum absolute atomic E-state index is 12.2. The normalized spacial score (nSPS) is 25.2. The minimum absolute atomic E-state index is 0.0355. The SMILES string of the molecule is Nc1ccccc1NC(=O)CN1CCCC2C(=O)NCC21. The van der Waals surface area contributed by atoms with E-state index < -0.39 is 0 Å². The molecule has 0 radical (unpaired) electrons. The van der Waals surface area contributed by atoms with Gasteiger partial charge in [-0.25, -0.2) is 0 Å². The molecule has 0 aliphatic carbocycles. The van der Waals surface area contributed by atoms with Crippen molar-refractivity contribution in [2.45, 2.75) is 18.9 Å². The fourth-order valence-electron chi connectivity index (χ4n) is 3.22. The number of carbonyl (C=O) groups is 2. The molecule has 3 rings (SSSR count). The van der Waals surface area contributed by atoms with Gasteiger partial charge >= 0.3 is 0 Å². The molecule has 2 amide bonds. The van der Waals surface area contributed by atoms with Gasteiger partial charge in [-0.15, -0.1) is 0 Å². The van der Waals surface area contributed by atoms with Crippen LogP contribution in [0.5, 0.6) is 0 Å². The van der Waals surface area contributed by atoms with Crippen molar-refractivity contribution in [2.24, 2.45) is 5.92 Å². The van der Waals surface area contributed by atoms with Crippen LogP contribution in [0.25, 0.3) is 0 Å². The highest BCUT2D eigenvalue weighted by Gasteiger charge is 2.41. The maximum atomic E-state index is 12.2. The Kier molecular flexibility index (Phi) is 3.79. The van der Waals surface area contributed by atoms with Crippen molar-refractivity contribution in [3.05, 3.63) is 24.3 Å². The first kappa shape index (κ1) is 13.9. The molecular formula is C15H20N4O2. The molecule has 1 aromatic rings. The van der Waals surface area contributed by atoms with Gasteiger partial charge in [0, 0.05) is 12.6 Å². The molecule has 2 heterocycles. The average molecular weight is 288 g/mol. The first-order valence-corrected chi connectivity index (χ1v) is 7.31. The summed E-state index contributed by atoms with van der Waals surface area (Å²) in [5.74, 6) is 0.0682. The molecule has 6 heteroatoms. The second-order valence-electron chi connectivity index (χ2n) is 5.67. The standard InChI is InChI=1S/C15H20N4O2/c16-11-5-1-2-6-12(11)18-14(20)9-19-7-3-4-10-13(19)8-17-15(10)21/h1-2,5-6,10,13H,3-4,7-9,16H2,(H,17,21)(H,18,20). The molecule has 2 unspecified atom stereocenters. The average Bonchev–Trinajstić information content (AvgIpc) is 2.84. The molecule has 0 saturated carbocycles. The van der Waals surface area contributed by atoms with Gasteiger partial charge in [0.05, 0.1) is 23.8 Å². The third kappa shape index (κ3) is 2.85. The third-order valence-electron chi connectivity index (χ3n) is 4.30. The topological polar surface area (TPSA) is 87.5 Å². The predicted octanol–water partition coefficient (Wildman–Crippen LogP) is 0.418. The lowest BCUT2D eigenvalue weighted by Crippen LogP contribution is -2.48. The van der Waals surface area contributed by atoms with Crippen molar-refractivity contribution in [1.29, 1.82) is 0 Å². The Morgan fingerprint density at radius 2 is 2.24 bits per heavy atom. The van der Waals surface area contributed by atoms with E-state index in [1.807, 2.05) is 12.1 Å². The van der Waals surface area contributed by atoms with E-state index in [1.54, 1.807) is 12.1 Å². The van der Waals surface area contributed by atoms with Gasteiger partial charge in [0.15, 0.2) is 0 Å². The lowest BCUT2D eigenvalue weighted by atomic mass is 9.91. The van der Waals surface area contributed by atoms with Crippen molar-refractivity contribution < 1.29 is 9.59 Å². The zero-order chi connectivity index (χ0) is 14.8. The van der Waals surface area contributed by atoms with Gasteiger partial charge < -0.3 is 16.4 Å². The number of carbonyl (C=O) groups excluding carboxylic acids is 2. The summed E-state index contributed by atoms with van der Waals surface area (Å²) in [6, 6.07) is 7.35. The summed E-state index contributed by atoms with van der Waals surface area (Å²) in [6.45, 7) is 1.79. The van der Waals surface area contributed by atoms with Crippen LogP contribution in [0.2, 0.25) is 0 Å². The molecular weight excluding hydrogens is 268 g/mol. The van der Waals surface area contributed by atoms with Crippen LogP contribution in [0.1, 0.15) is 12.8 Å². The monoisotopic (exact) mass is 288 g/mol. The first-order valence-electron chi connectivity index (χ1n) is 7.31. The molecule has 2 fully saturated rings. The third-order valence-corrected chi connectivity index (χ3v) is 4.30. The van der Waals surface area contributed by atoms with Crippen LogP contribution in [0.15, 0.2) is 24.3 Å². The lowest BCUT2D eigenvalue weighted by Gasteiger charge is -2.35. The van der Waals surface area contributed by atoms with Crippen molar-refractivity contribution in [2.75, 3.05) is 30.7 Å². The molecule has 6 nitrogen and oxygen atoms in total. The van der Waals surface area contributed by atoms with Crippen molar-refractivity contribution in [3.63, 3.8) is 0 Å². The van der Waals surface area contributed by atoms with E-state index in [1.165, 1.54) is 0 Å². The fraction of sp³-hybridized carbons (Fsp3) is 0.467. The summed E-state index contributed by atoms with van der Waals surface area (Å²) >= 11 is 0. The number of piperidine rings is 1. The molecule has 2 saturated heterocycles. The Bertz CT molecular complexity index is 560. The number of benzene rings is 1. The fourth-order valence-corrected chi connectivity index (χ4v) is 3.22. The molecule has 0 spiro atoms. The Balaban J connectivity index is 1.62. The van der Waals surface area contributed by atoms with E-state index in [-0.39, 0.29) is 23.8 Å². The van der Waals surface area contributed by atoms with E-state index in [4.69, 9.17) is 5.73 Å². The van der Waals surface area contributed by atoms with Gasteiger partial charge in [0.2, 0.25) is 11.8 Å². The molecule has 1 aromatic carbocycles.